The summed E-state index contributed by atoms with van der Waals surface area (Å²) < 4.78 is 1.78. The minimum atomic E-state index is -0.266. The van der Waals surface area contributed by atoms with Gasteiger partial charge in [0.25, 0.3) is 5.56 Å². The second-order valence-electron chi connectivity index (χ2n) is 4.75. The molecule has 110 valence electrons. The Morgan fingerprint density at radius 2 is 2.05 bits per heavy atom. The van der Waals surface area contributed by atoms with E-state index in [9.17, 15) is 9.59 Å². The highest BCUT2D eigenvalue weighted by Crippen LogP contribution is 2.03. The van der Waals surface area contributed by atoms with Crippen LogP contribution in [-0.2, 0) is 17.8 Å². The van der Waals surface area contributed by atoms with Gasteiger partial charge in [0, 0.05) is 44.7 Å². The maximum atomic E-state index is 11.9. The maximum Gasteiger partial charge on any atom is 0.255 e. The second kappa shape index (κ2) is 6.40. The van der Waals surface area contributed by atoms with Crippen molar-refractivity contribution in [3.05, 3.63) is 51.2 Å². The average molecular weight is 305 g/mol. The summed E-state index contributed by atoms with van der Waals surface area (Å²) in [4.78, 5) is 35.6. The number of aromatic amines is 1. The molecule has 0 atom stereocenters. The molecular formula is C13H15N5O2S. The lowest BCUT2D eigenvalue weighted by Crippen LogP contribution is -2.28. The summed E-state index contributed by atoms with van der Waals surface area (Å²) in [6.07, 6.45) is 6.69. The van der Waals surface area contributed by atoms with Gasteiger partial charge in [-0.15, -0.1) is 0 Å². The number of nitrogens with zero attached hydrogens (tertiary/aromatic N) is 4. The van der Waals surface area contributed by atoms with Crippen molar-refractivity contribution in [1.82, 2.24) is 24.4 Å². The number of H-pyrrole nitrogens is 1. The van der Waals surface area contributed by atoms with Crippen molar-refractivity contribution in [2.75, 3.05) is 14.1 Å². The third-order valence-electron chi connectivity index (χ3n) is 2.90. The number of amides is 1. The van der Waals surface area contributed by atoms with Crippen LogP contribution in [0.3, 0.4) is 0 Å². The first kappa shape index (κ1) is 15.0. The summed E-state index contributed by atoms with van der Waals surface area (Å²) in [6, 6.07) is 0. The Morgan fingerprint density at radius 1 is 1.38 bits per heavy atom. The molecule has 0 fully saturated rings. The smallest absolute Gasteiger partial charge is 0.255 e. The molecule has 8 heteroatoms. The second-order valence-corrected chi connectivity index (χ2v) is 5.14. The minimum absolute atomic E-state index is 0.0842. The van der Waals surface area contributed by atoms with Crippen molar-refractivity contribution in [3.63, 3.8) is 0 Å². The molecule has 0 radical (unpaired) electrons. The molecule has 1 N–H and O–H groups in total. The van der Waals surface area contributed by atoms with Gasteiger partial charge in [0.15, 0.2) is 4.77 Å². The third kappa shape index (κ3) is 3.82. The Balaban J connectivity index is 2.33. The molecule has 0 saturated heterocycles. The lowest BCUT2D eigenvalue weighted by atomic mass is 10.1. The lowest BCUT2D eigenvalue weighted by Gasteiger charge is -2.13. The van der Waals surface area contributed by atoms with Crippen LogP contribution in [0, 0.1) is 4.77 Å². The highest BCUT2D eigenvalue weighted by Gasteiger charge is 2.09. The number of likely N-dealkylation sites (N-methyl/N-ethyl adjacent to an activating group) is 1. The first-order valence-electron chi connectivity index (χ1n) is 6.24. The number of hydrogen-bond acceptors (Lipinski definition) is 5. The fraction of sp³-hybridized carbons (Fsp3) is 0.308. The minimum Gasteiger partial charge on any atom is -0.347 e. The van der Waals surface area contributed by atoms with Crippen LogP contribution < -0.4 is 5.56 Å². The Labute approximate surface area is 126 Å². The van der Waals surface area contributed by atoms with Crippen molar-refractivity contribution in [2.24, 2.45) is 0 Å². The van der Waals surface area contributed by atoms with E-state index < -0.39 is 0 Å². The molecule has 0 saturated carbocycles. The Morgan fingerprint density at radius 3 is 2.67 bits per heavy atom. The van der Waals surface area contributed by atoms with Crippen LogP contribution >= 0.6 is 12.2 Å². The van der Waals surface area contributed by atoms with Gasteiger partial charge in [-0.25, -0.2) is 9.97 Å². The van der Waals surface area contributed by atoms with Gasteiger partial charge in [-0.05, 0) is 17.8 Å². The van der Waals surface area contributed by atoms with Crippen LogP contribution in [0.15, 0.2) is 29.7 Å². The van der Waals surface area contributed by atoms with Crippen molar-refractivity contribution < 1.29 is 4.79 Å². The average Bonchev–Trinajstić information content (AvgIpc) is 2.45. The number of nitrogens with one attached hydrogen (secondary N) is 1. The molecule has 1 amide bonds. The van der Waals surface area contributed by atoms with Gasteiger partial charge >= 0.3 is 0 Å². The molecule has 0 spiro atoms. The summed E-state index contributed by atoms with van der Waals surface area (Å²) in [5.74, 6) is -0.104. The van der Waals surface area contributed by atoms with Crippen LogP contribution in [-0.4, -0.2) is 44.4 Å². The van der Waals surface area contributed by atoms with E-state index in [-0.39, 0.29) is 22.8 Å². The van der Waals surface area contributed by atoms with Crippen molar-refractivity contribution >= 4 is 18.1 Å². The lowest BCUT2D eigenvalue weighted by molar-refractivity contribution is -0.129. The van der Waals surface area contributed by atoms with Gasteiger partial charge in [0.2, 0.25) is 5.91 Å². The van der Waals surface area contributed by atoms with Gasteiger partial charge in [-0.1, -0.05) is 0 Å². The van der Waals surface area contributed by atoms with Crippen LogP contribution in [0.2, 0.25) is 0 Å². The summed E-state index contributed by atoms with van der Waals surface area (Å²) in [7, 11) is 3.33. The van der Waals surface area contributed by atoms with Gasteiger partial charge in [-0.3, -0.25) is 14.6 Å². The number of carbonyl (C=O) groups is 1. The molecule has 2 aromatic rings. The van der Waals surface area contributed by atoms with E-state index in [0.717, 1.165) is 5.56 Å². The van der Waals surface area contributed by atoms with E-state index in [2.05, 4.69) is 15.0 Å². The SMILES string of the molecule is CN(C)C(=O)Cn1cc(Cc2cncnc2)c(=O)[nH]c1=S. The Bertz CT molecular complexity index is 751. The Kier molecular flexibility index (Phi) is 4.59. The monoisotopic (exact) mass is 305 g/mol. The maximum absolute atomic E-state index is 11.9. The molecular weight excluding hydrogens is 290 g/mol. The van der Waals surface area contributed by atoms with Crippen molar-refractivity contribution in [2.45, 2.75) is 13.0 Å². The molecule has 0 aromatic carbocycles. The van der Waals surface area contributed by atoms with E-state index >= 15 is 0 Å². The van der Waals surface area contributed by atoms with Crippen LogP contribution in [0.25, 0.3) is 0 Å². The molecule has 0 aliphatic heterocycles. The van der Waals surface area contributed by atoms with E-state index in [4.69, 9.17) is 12.2 Å². The molecule has 7 nitrogen and oxygen atoms in total. The zero-order chi connectivity index (χ0) is 15.4. The summed E-state index contributed by atoms with van der Waals surface area (Å²) in [5.41, 5.74) is 1.05. The van der Waals surface area contributed by atoms with E-state index in [1.807, 2.05) is 0 Å². The first-order chi connectivity index (χ1) is 9.97. The molecule has 2 aromatic heterocycles. The van der Waals surface area contributed by atoms with Gasteiger partial charge in [-0.2, -0.15) is 0 Å². The number of aromatic nitrogens is 4. The molecule has 2 rings (SSSR count). The fourth-order valence-electron chi connectivity index (χ4n) is 1.73. The van der Waals surface area contributed by atoms with Gasteiger partial charge < -0.3 is 9.47 Å². The standard InChI is InChI=1S/C13H15N5O2S/c1-17(2)11(19)7-18-6-10(12(20)16-13(18)21)3-9-4-14-8-15-5-9/h4-6,8H,3,7H2,1-2H3,(H,16,20,21). The van der Waals surface area contributed by atoms with Crippen LogP contribution in [0.5, 0.6) is 0 Å². The quantitative estimate of drug-likeness (QED) is 0.825. The molecule has 0 aliphatic rings. The number of carbonyl (C=O) groups excluding carboxylic acids is 1. The van der Waals surface area contributed by atoms with Crippen LogP contribution in [0.1, 0.15) is 11.1 Å². The predicted octanol–water partition coefficient (Wildman–Crippen LogP) is 0.375. The normalized spacial score (nSPS) is 10.4. The van der Waals surface area contributed by atoms with E-state index in [1.165, 1.54) is 11.2 Å². The van der Waals surface area contributed by atoms with Crippen molar-refractivity contribution in [3.8, 4) is 0 Å². The third-order valence-corrected chi connectivity index (χ3v) is 3.23. The highest BCUT2D eigenvalue weighted by molar-refractivity contribution is 7.71. The zero-order valence-corrected chi connectivity index (χ0v) is 12.6. The van der Waals surface area contributed by atoms with Crippen LogP contribution in [0.4, 0.5) is 0 Å². The highest BCUT2D eigenvalue weighted by atomic mass is 32.1. The number of rotatable bonds is 4. The fourth-order valence-corrected chi connectivity index (χ4v) is 1.94. The van der Waals surface area contributed by atoms with E-state index in [1.54, 1.807) is 37.3 Å². The molecule has 21 heavy (non-hydrogen) atoms. The van der Waals surface area contributed by atoms with Gasteiger partial charge in [0.05, 0.1) is 0 Å². The van der Waals surface area contributed by atoms with E-state index in [0.29, 0.717) is 12.0 Å². The number of hydrogen-bond donors (Lipinski definition) is 1. The molecule has 2 heterocycles. The largest absolute Gasteiger partial charge is 0.347 e. The molecule has 0 unspecified atom stereocenters. The molecule has 0 bridgehead atoms. The topological polar surface area (TPSA) is 83.9 Å². The van der Waals surface area contributed by atoms with Crippen molar-refractivity contribution in [1.29, 1.82) is 0 Å². The zero-order valence-electron chi connectivity index (χ0n) is 11.7. The molecule has 0 aliphatic carbocycles. The Hall–Kier alpha value is -2.35. The summed E-state index contributed by atoms with van der Waals surface area (Å²) in [5, 5.41) is 0. The summed E-state index contributed by atoms with van der Waals surface area (Å²) in [6.45, 7) is 0.0842. The summed E-state index contributed by atoms with van der Waals surface area (Å²) >= 11 is 5.08. The predicted molar refractivity (Wildman–Crippen MR) is 79.4 cm³/mol. The van der Waals surface area contributed by atoms with Gasteiger partial charge in [0.1, 0.15) is 12.9 Å². The first-order valence-corrected chi connectivity index (χ1v) is 6.65.